The average molecular weight is 185 g/mol. The first kappa shape index (κ1) is 11.7. The number of nitrogens with two attached hydrogens (primary N) is 1. The summed E-state index contributed by atoms with van der Waals surface area (Å²) in [5.74, 6) is 0. The molecule has 0 spiro atoms. The van der Waals surface area contributed by atoms with Gasteiger partial charge in [-0.05, 0) is 25.8 Å². The van der Waals surface area contributed by atoms with Crippen LogP contribution in [0.4, 0.5) is 13.2 Å². The van der Waals surface area contributed by atoms with Crippen molar-refractivity contribution in [2.75, 3.05) is 13.7 Å². The fraction of sp³-hybridized carbons (Fsp3) is 1.00. The molecule has 74 valence electrons. The maximum atomic E-state index is 12.0. The van der Waals surface area contributed by atoms with E-state index in [1.807, 2.05) is 0 Å². The molecule has 0 aliphatic heterocycles. The Labute approximate surface area is 69.6 Å². The highest BCUT2D eigenvalue weighted by molar-refractivity contribution is 4.98. The first-order chi connectivity index (χ1) is 5.52. The Hall–Kier alpha value is -0.290. The van der Waals surface area contributed by atoms with Crippen LogP contribution in [0, 0.1) is 5.41 Å². The lowest BCUT2D eigenvalue weighted by molar-refractivity contribution is -0.188. The summed E-state index contributed by atoms with van der Waals surface area (Å²) < 4.78 is 36.1. The third-order valence-electron chi connectivity index (χ3n) is 2.08. The van der Waals surface area contributed by atoms with E-state index in [9.17, 15) is 13.2 Å². The third kappa shape index (κ3) is 2.35. The van der Waals surface area contributed by atoms with E-state index in [2.05, 4.69) is 0 Å². The molecule has 1 saturated carbocycles. The fourth-order valence-corrected chi connectivity index (χ4v) is 1.10. The minimum absolute atomic E-state index is 0.0938. The van der Waals surface area contributed by atoms with Crippen molar-refractivity contribution in [2.45, 2.75) is 25.4 Å². The second kappa shape index (κ2) is 4.09. The Balaban J connectivity index is 0.000000561. The average Bonchev–Trinajstić information content (AvgIpc) is 2.73. The van der Waals surface area contributed by atoms with Crippen LogP contribution in [0.1, 0.15) is 19.3 Å². The molecule has 0 atom stereocenters. The number of rotatable bonds is 2. The van der Waals surface area contributed by atoms with Gasteiger partial charge in [-0.25, -0.2) is 0 Å². The summed E-state index contributed by atoms with van der Waals surface area (Å²) in [5, 5.41) is 7.00. The summed E-state index contributed by atoms with van der Waals surface area (Å²) >= 11 is 0. The van der Waals surface area contributed by atoms with Gasteiger partial charge in [-0.1, -0.05) is 0 Å². The molecule has 0 aromatic heterocycles. The van der Waals surface area contributed by atoms with E-state index < -0.39 is 11.6 Å². The first-order valence-electron chi connectivity index (χ1n) is 3.73. The minimum atomic E-state index is -4.02. The van der Waals surface area contributed by atoms with Gasteiger partial charge in [0, 0.05) is 7.11 Å². The van der Waals surface area contributed by atoms with E-state index in [1.54, 1.807) is 0 Å². The summed E-state index contributed by atoms with van der Waals surface area (Å²) in [6.45, 7) is 0.138. The van der Waals surface area contributed by atoms with Crippen molar-refractivity contribution in [3.8, 4) is 0 Å². The van der Waals surface area contributed by atoms with E-state index in [1.165, 1.54) is 0 Å². The zero-order valence-electron chi connectivity index (χ0n) is 6.99. The molecule has 1 fully saturated rings. The van der Waals surface area contributed by atoms with Crippen LogP contribution in [0.3, 0.4) is 0 Å². The number of halogens is 3. The molecular weight excluding hydrogens is 171 g/mol. The quantitative estimate of drug-likeness (QED) is 0.680. The van der Waals surface area contributed by atoms with Crippen LogP contribution in [0.15, 0.2) is 0 Å². The molecule has 0 aromatic rings. The Morgan fingerprint density at radius 1 is 1.33 bits per heavy atom. The highest BCUT2D eigenvalue weighted by atomic mass is 19.4. The van der Waals surface area contributed by atoms with Crippen molar-refractivity contribution < 1.29 is 18.3 Å². The van der Waals surface area contributed by atoms with Gasteiger partial charge in [0.2, 0.25) is 0 Å². The Kier molecular flexibility index (Phi) is 3.99. The van der Waals surface area contributed by atoms with Crippen LogP contribution < -0.4 is 5.73 Å². The maximum absolute atomic E-state index is 12.0. The number of alkyl halides is 3. The van der Waals surface area contributed by atoms with Crippen LogP contribution in [0.2, 0.25) is 0 Å². The highest BCUT2D eigenvalue weighted by Gasteiger charge is 2.62. The molecule has 0 aromatic carbocycles. The van der Waals surface area contributed by atoms with Gasteiger partial charge in [0.25, 0.3) is 0 Å². The van der Waals surface area contributed by atoms with Gasteiger partial charge in [-0.15, -0.1) is 0 Å². The van der Waals surface area contributed by atoms with Crippen LogP contribution in [0.25, 0.3) is 0 Å². The molecule has 1 rings (SSSR count). The van der Waals surface area contributed by atoms with E-state index >= 15 is 0 Å². The predicted octanol–water partition coefficient (Wildman–Crippen LogP) is 1.29. The summed E-state index contributed by atoms with van der Waals surface area (Å²) in [6, 6.07) is 0. The molecule has 0 radical (unpaired) electrons. The highest BCUT2D eigenvalue weighted by Crippen LogP contribution is 2.59. The van der Waals surface area contributed by atoms with E-state index in [0.29, 0.717) is 0 Å². The number of aliphatic hydroxyl groups excluding tert-OH is 1. The second-order valence-corrected chi connectivity index (χ2v) is 2.82. The largest absolute Gasteiger partial charge is 0.400 e. The molecule has 0 unspecified atom stereocenters. The molecule has 3 N–H and O–H groups in total. The lowest BCUT2D eigenvalue weighted by atomic mass is 10.0. The van der Waals surface area contributed by atoms with Crippen molar-refractivity contribution in [2.24, 2.45) is 11.1 Å². The van der Waals surface area contributed by atoms with E-state index in [4.69, 9.17) is 10.8 Å². The van der Waals surface area contributed by atoms with Crippen LogP contribution >= 0.6 is 0 Å². The Morgan fingerprint density at radius 2 is 1.75 bits per heavy atom. The SMILES string of the molecule is CO.NCCC1(C(F)(F)F)CC1. The fourth-order valence-electron chi connectivity index (χ4n) is 1.10. The van der Waals surface area contributed by atoms with Crippen molar-refractivity contribution in [3.05, 3.63) is 0 Å². The molecule has 0 amide bonds. The van der Waals surface area contributed by atoms with Gasteiger partial charge in [0.1, 0.15) is 0 Å². The lowest BCUT2D eigenvalue weighted by Crippen LogP contribution is -2.26. The van der Waals surface area contributed by atoms with E-state index in [0.717, 1.165) is 7.11 Å². The summed E-state index contributed by atoms with van der Waals surface area (Å²) in [7, 11) is 1.00. The normalized spacial score (nSPS) is 19.5. The first-order valence-corrected chi connectivity index (χ1v) is 3.73. The summed E-state index contributed by atoms with van der Waals surface area (Å²) in [6.07, 6.45) is -3.38. The summed E-state index contributed by atoms with van der Waals surface area (Å²) in [4.78, 5) is 0. The maximum Gasteiger partial charge on any atom is 0.394 e. The monoisotopic (exact) mass is 185 g/mol. The van der Waals surface area contributed by atoms with Gasteiger partial charge in [-0.2, -0.15) is 13.2 Å². The molecule has 5 heteroatoms. The van der Waals surface area contributed by atoms with Gasteiger partial charge < -0.3 is 10.8 Å². The van der Waals surface area contributed by atoms with Crippen LogP contribution in [0.5, 0.6) is 0 Å². The lowest BCUT2D eigenvalue weighted by Gasteiger charge is -2.17. The number of aliphatic hydroxyl groups is 1. The molecule has 0 bridgehead atoms. The zero-order valence-corrected chi connectivity index (χ0v) is 6.99. The topological polar surface area (TPSA) is 46.2 Å². The second-order valence-electron chi connectivity index (χ2n) is 2.82. The van der Waals surface area contributed by atoms with Gasteiger partial charge in [0.05, 0.1) is 5.41 Å². The van der Waals surface area contributed by atoms with Crippen molar-refractivity contribution in [1.82, 2.24) is 0 Å². The minimum Gasteiger partial charge on any atom is -0.400 e. The molecular formula is C7H14F3NO. The molecule has 0 heterocycles. The van der Waals surface area contributed by atoms with E-state index in [-0.39, 0.29) is 25.8 Å². The van der Waals surface area contributed by atoms with Crippen LogP contribution in [-0.2, 0) is 0 Å². The molecule has 1 aliphatic rings. The van der Waals surface area contributed by atoms with Gasteiger partial charge >= 0.3 is 6.18 Å². The van der Waals surface area contributed by atoms with Crippen molar-refractivity contribution >= 4 is 0 Å². The molecule has 2 nitrogen and oxygen atoms in total. The van der Waals surface area contributed by atoms with Crippen LogP contribution in [-0.4, -0.2) is 24.9 Å². The van der Waals surface area contributed by atoms with Gasteiger partial charge in [-0.3, -0.25) is 0 Å². The predicted molar refractivity (Wildman–Crippen MR) is 39.5 cm³/mol. The Morgan fingerprint density at radius 3 is 1.83 bits per heavy atom. The standard InChI is InChI=1S/C6H10F3N.CH4O/c7-6(8,9)5(1-2-5)3-4-10;1-2/h1-4,10H2;2H,1H3. The summed E-state index contributed by atoms with van der Waals surface area (Å²) in [5.41, 5.74) is 3.66. The smallest absolute Gasteiger partial charge is 0.394 e. The zero-order chi connectivity index (χ0) is 9.83. The molecule has 1 aliphatic carbocycles. The molecule has 12 heavy (non-hydrogen) atoms. The number of hydrogen-bond donors (Lipinski definition) is 2. The third-order valence-corrected chi connectivity index (χ3v) is 2.08. The van der Waals surface area contributed by atoms with Gasteiger partial charge in [0.15, 0.2) is 0 Å². The Bertz CT molecular complexity index is 131. The van der Waals surface area contributed by atoms with Crippen molar-refractivity contribution in [3.63, 3.8) is 0 Å². The number of hydrogen-bond acceptors (Lipinski definition) is 2. The van der Waals surface area contributed by atoms with Crippen molar-refractivity contribution in [1.29, 1.82) is 0 Å². The molecule has 0 saturated heterocycles.